The molecule has 1 aliphatic heterocycles. The first-order valence-corrected chi connectivity index (χ1v) is 14.7. The van der Waals surface area contributed by atoms with Crippen molar-refractivity contribution in [1.29, 1.82) is 0 Å². The number of amides is 2. The van der Waals surface area contributed by atoms with Gasteiger partial charge in [0.15, 0.2) is 8.32 Å². The summed E-state index contributed by atoms with van der Waals surface area (Å²) in [5, 5.41) is 21.1. The molecule has 1 aromatic heterocycles. The van der Waals surface area contributed by atoms with Crippen molar-refractivity contribution >= 4 is 20.3 Å². The van der Waals surface area contributed by atoms with Crippen molar-refractivity contribution in [2.75, 3.05) is 6.61 Å². The Kier molecular flexibility index (Phi) is 8.26. The average Bonchev–Trinajstić information content (AvgIpc) is 3.31. The molecule has 2 N–H and O–H groups in total. The number of rotatable bonds is 7. The Morgan fingerprint density at radius 1 is 1.32 bits per heavy atom. The van der Waals surface area contributed by atoms with Gasteiger partial charge in [-0.25, -0.2) is 4.79 Å². The van der Waals surface area contributed by atoms with E-state index >= 15 is 0 Å². The number of likely N-dealkylation sites (tertiary alicyclic amines) is 1. The largest absolute Gasteiger partial charge is 0.444 e. The monoisotopic (exact) mass is 498 g/mol. The predicted octanol–water partition coefficient (Wildman–Crippen LogP) is 3.79. The summed E-state index contributed by atoms with van der Waals surface area (Å²) in [6.07, 6.45) is 0.912. The van der Waals surface area contributed by atoms with Gasteiger partial charge in [-0.2, -0.15) is 0 Å². The summed E-state index contributed by atoms with van der Waals surface area (Å²) in [6, 6.07) is -1.04. The normalized spacial score (nSPS) is 23.5. The minimum atomic E-state index is -2.20. The Morgan fingerprint density at radius 3 is 2.41 bits per heavy atom. The molecular formula is C23H42N4O6Si. The number of aliphatic hydroxyl groups is 1. The van der Waals surface area contributed by atoms with Gasteiger partial charge >= 0.3 is 6.09 Å². The van der Waals surface area contributed by atoms with Crippen LogP contribution < -0.4 is 5.32 Å². The first kappa shape index (κ1) is 28.3. The average molecular weight is 499 g/mol. The van der Waals surface area contributed by atoms with Crippen LogP contribution in [0, 0.1) is 0 Å². The van der Waals surface area contributed by atoms with Crippen molar-refractivity contribution in [3.05, 3.63) is 12.3 Å². The van der Waals surface area contributed by atoms with Gasteiger partial charge in [0.1, 0.15) is 17.2 Å². The maximum atomic E-state index is 13.7. The molecule has 2 amide bonds. The Bertz CT molecular complexity index is 849. The third-order valence-corrected chi connectivity index (χ3v) is 11.4. The van der Waals surface area contributed by atoms with E-state index in [2.05, 4.69) is 49.4 Å². The van der Waals surface area contributed by atoms with E-state index in [1.807, 2.05) is 13.8 Å². The quantitative estimate of drug-likeness (QED) is 0.544. The molecule has 0 aromatic carbocycles. The molecule has 34 heavy (non-hydrogen) atoms. The van der Waals surface area contributed by atoms with Crippen LogP contribution in [0.15, 0.2) is 10.8 Å². The van der Waals surface area contributed by atoms with E-state index in [0.29, 0.717) is 12.8 Å². The van der Waals surface area contributed by atoms with Crippen LogP contribution in [0.5, 0.6) is 0 Å². The highest BCUT2D eigenvalue weighted by Gasteiger charge is 2.54. The van der Waals surface area contributed by atoms with Crippen LogP contribution in [0.4, 0.5) is 4.79 Å². The predicted molar refractivity (Wildman–Crippen MR) is 130 cm³/mol. The molecule has 0 radical (unpaired) electrons. The molecule has 2 heterocycles. The van der Waals surface area contributed by atoms with Crippen molar-refractivity contribution in [1.82, 2.24) is 20.4 Å². The number of hydrogen-bond donors (Lipinski definition) is 2. The van der Waals surface area contributed by atoms with E-state index in [9.17, 15) is 14.7 Å². The summed E-state index contributed by atoms with van der Waals surface area (Å²) in [6.45, 7) is 19.1. The van der Waals surface area contributed by atoms with Gasteiger partial charge in [0.05, 0.1) is 12.7 Å². The molecule has 0 bridgehead atoms. The molecular weight excluding hydrogens is 456 g/mol. The Hall–Kier alpha value is -1.98. The van der Waals surface area contributed by atoms with Gasteiger partial charge in [-0.05, 0) is 65.6 Å². The standard InChI is InChI=1S/C23H42N4O6Si/c1-15-11-12-23(13-28,27(15)20(30)32-21(3,4)5)19(29)25-17(18-26-24-14-31-18)16(2)33-34(9,10)22(6,7)8/h14-17,28H,11-13H2,1-10H3,(H,25,29). The third-order valence-electron chi connectivity index (χ3n) is 6.84. The smallest absolute Gasteiger partial charge is 0.411 e. The van der Waals surface area contributed by atoms with Crippen LogP contribution in [0.2, 0.25) is 18.1 Å². The van der Waals surface area contributed by atoms with E-state index in [1.54, 1.807) is 20.8 Å². The van der Waals surface area contributed by atoms with Crippen molar-refractivity contribution in [2.45, 2.75) is 116 Å². The number of ether oxygens (including phenoxy) is 1. The number of carbonyl (C=O) groups is 2. The fraction of sp³-hybridized carbons (Fsp3) is 0.826. The fourth-order valence-corrected chi connectivity index (χ4v) is 5.34. The molecule has 194 valence electrons. The molecule has 4 atom stereocenters. The van der Waals surface area contributed by atoms with Gasteiger partial charge in [-0.1, -0.05) is 20.8 Å². The molecule has 10 nitrogen and oxygen atoms in total. The summed E-state index contributed by atoms with van der Waals surface area (Å²) < 4.78 is 17.5. The second-order valence-corrected chi connectivity index (χ2v) is 16.5. The molecule has 11 heteroatoms. The van der Waals surface area contributed by atoms with Crippen molar-refractivity contribution in [3.63, 3.8) is 0 Å². The summed E-state index contributed by atoms with van der Waals surface area (Å²) in [4.78, 5) is 28.2. The Morgan fingerprint density at radius 2 is 1.94 bits per heavy atom. The van der Waals surface area contributed by atoms with Crippen LogP contribution in [-0.4, -0.2) is 70.4 Å². The maximum Gasteiger partial charge on any atom is 0.411 e. The number of hydrogen-bond acceptors (Lipinski definition) is 8. The molecule has 1 aromatic rings. The topological polar surface area (TPSA) is 127 Å². The molecule has 4 unspecified atom stereocenters. The molecule has 1 fully saturated rings. The maximum absolute atomic E-state index is 13.7. The molecule has 0 saturated carbocycles. The lowest BCUT2D eigenvalue weighted by Crippen LogP contribution is -2.62. The summed E-state index contributed by atoms with van der Waals surface area (Å²) in [5.74, 6) is -0.318. The van der Waals surface area contributed by atoms with Gasteiger partial charge in [-0.3, -0.25) is 9.69 Å². The lowest BCUT2D eigenvalue weighted by Gasteiger charge is -2.41. The Balaban J connectivity index is 2.37. The zero-order chi connectivity index (χ0) is 26.1. The SMILES string of the molecule is CC(O[Si](C)(C)C(C)(C)C)C(NC(=O)C1(CO)CCC(C)N1C(=O)OC(C)(C)C)c1nnco1. The summed E-state index contributed by atoms with van der Waals surface area (Å²) in [5.41, 5.74) is -2.22. The van der Waals surface area contributed by atoms with Crippen molar-refractivity contribution in [3.8, 4) is 0 Å². The number of nitrogens with zero attached hydrogens (tertiary/aromatic N) is 3. The Labute approximate surface area is 203 Å². The number of carbonyl (C=O) groups excluding carboxylic acids is 2. The lowest BCUT2D eigenvalue weighted by molar-refractivity contribution is -0.137. The minimum Gasteiger partial charge on any atom is -0.444 e. The first-order valence-electron chi connectivity index (χ1n) is 11.8. The zero-order valence-corrected chi connectivity index (χ0v) is 23.3. The van der Waals surface area contributed by atoms with E-state index in [-0.39, 0.29) is 17.0 Å². The second-order valence-electron chi connectivity index (χ2n) is 11.7. The molecule has 1 aliphatic rings. The number of nitrogens with one attached hydrogen (secondary N) is 1. The highest BCUT2D eigenvalue weighted by atomic mass is 28.4. The number of aromatic nitrogens is 2. The van der Waals surface area contributed by atoms with Crippen LogP contribution >= 0.6 is 0 Å². The fourth-order valence-electron chi connectivity index (χ4n) is 3.92. The van der Waals surface area contributed by atoms with Gasteiger partial charge in [0.2, 0.25) is 18.2 Å². The summed E-state index contributed by atoms with van der Waals surface area (Å²) >= 11 is 0. The van der Waals surface area contributed by atoms with E-state index in [4.69, 9.17) is 13.6 Å². The minimum absolute atomic E-state index is 0.0502. The van der Waals surface area contributed by atoms with Crippen LogP contribution in [0.3, 0.4) is 0 Å². The molecule has 0 aliphatic carbocycles. The van der Waals surface area contributed by atoms with Gasteiger partial charge in [-0.15, -0.1) is 10.2 Å². The van der Waals surface area contributed by atoms with Crippen LogP contribution in [-0.2, 0) is 14.0 Å². The first-order chi connectivity index (χ1) is 15.4. The summed E-state index contributed by atoms with van der Waals surface area (Å²) in [7, 11) is -2.20. The van der Waals surface area contributed by atoms with E-state index < -0.39 is 50.2 Å². The van der Waals surface area contributed by atoms with Crippen molar-refractivity contribution < 1.29 is 28.3 Å². The third kappa shape index (κ3) is 5.98. The molecule has 0 spiro atoms. The second kappa shape index (κ2) is 9.94. The highest BCUT2D eigenvalue weighted by Crippen LogP contribution is 2.39. The van der Waals surface area contributed by atoms with Crippen LogP contribution in [0.1, 0.15) is 80.2 Å². The van der Waals surface area contributed by atoms with Gasteiger partial charge in [0, 0.05) is 6.04 Å². The molecule has 1 saturated heterocycles. The van der Waals surface area contributed by atoms with Gasteiger partial charge < -0.3 is 24.0 Å². The lowest BCUT2D eigenvalue weighted by atomic mass is 9.95. The van der Waals surface area contributed by atoms with Crippen molar-refractivity contribution in [2.24, 2.45) is 0 Å². The molecule has 2 rings (SSSR count). The highest BCUT2D eigenvalue weighted by molar-refractivity contribution is 6.74. The van der Waals surface area contributed by atoms with E-state index in [1.165, 1.54) is 11.3 Å². The number of aliphatic hydroxyl groups excluding tert-OH is 1. The van der Waals surface area contributed by atoms with E-state index in [0.717, 1.165) is 0 Å². The van der Waals surface area contributed by atoms with Gasteiger partial charge in [0.25, 0.3) is 0 Å². The zero-order valence-electron chi connectivity index (χ0n) is 22.3. The van der Waals surface area contributed by atoms with Crippen LogP contribution in [0.25, 0.3) is 0 Å².